The van der Waals surface area contributed by atoms with Crippen LogP contribution in [-0.4, -0.2) is 26.2 Å². The van der Waals surface area contributed by atoms with Crippen molar-refractivity contribution in [3.63, 3.8) is 0 Å². The lowest BCUT2D eigenvalue weighted by molar-refractivity contribution is 0.112. The second-order valence-electron chi connectivity index (χ2n) is 3.48. The van der Waals surface area contributed by atoms with Crippen LogP contribution in [0.5, 0.6) is 0 Å². The van der Waals surface area contributed by atoms with E-state index in [0.29, 0.717) is 22.3 Å². The van der Waals surface area contributed by atoms with Gasteiger partial charge in [0.25, 0.3) is 0 Å². The number of hydrogen-bond donors (Lipinski definition) is 0. The SMILES string of the molecule is Cc1ccnc(Sc2nc(C)nc(Cl)c2C=O)n1. The zero-order valence-electron chi connectivity index (χ0n) is 9.72. The van der Waals surface area contributed by atoms with E-state index >= 15 is 0 Å². The quantitative estimate of drug-likeness (QED) is 0.489. The van der Waals surface area contributed by atoms with E-state index in [-0.39, 0.29) is 10.7 Å². The van der Waals surface area contributed by atoms with Gasteiger partial charge in [0.05, 0.1) is 5.56 Å². The van der Waals surface area contributed by atoms with Gasteiger partial charge in [-0.3, -0.25) is 4.79 Å². The van der Waals surface area contributed by atoms with E-state index in [4.69, 9.17) is 11.6 Å². The zero-order valence-corrected chi connectivity index (χ0v) is 11.3. The summed E-state index contributed by atoms with van der Waals surface area (Å²) < 4.78 is 0. The van der Waals surface area contributed by atoms with Gasteiger partial charge in [-0.15, -0.1) is 0 Å². The van der Waals surface area contributed by atoms with Crippen molar-refractivity contribution in [2.45, 2.75) is 24.0 Å². The number of halogens is 1. The summed E-state index contributed by atoms with van der Waals surface area (Å²) in [6, 6.07) is 1.79. The van der Waals surface area contributed by atoms with Gasteiger partial charge in [0.2, 0.25) is 0 Å². The molecule has 0 bridgehead atoms. The second kappa shape index (κ2) is 5.41. The van der Waals surface area contributed by atoms with Crippen molar-refractivity contribution in [1.29, 1.82) is 0 Å². The largest absolute Gasteiger partial charge is 0.298 e. The molecular formula is C11H9ClN4OS. The Morgan fingerprint density at radius 3 is 2.72 bits per heavy atom. The van der Waals surface area contributed by atoms with E-state index in [2.05, 4.69) is 19.9 Å². The minimum Gasteiger partial charge on any atom is -0.298 e. The third-order valence-corrected chi connectivity index (χ3v) is 3.23. The first-order valence-corrected chi connectivity index (χ1v) is 6.26. The Labute approximate surface area is 113 Å². The van der Waals surface area contributed by atoms with Crippen LogP contribution in [0.3, 0.4) is 0 Å². The van der Waals surface area contributed by atoms with Crippen LogP contribution in [-0.2, 0) is 0 Å². The van der Waals surface area contributed by atoms with Gasteiger partial charge in [0.1, 0.15) is 16.0 Å². The molecule has 2 rings (SSSR count). The minimum atomic E-state index is 0.146. The normalized spacial score (nSPS) is 10.4. The maximum absolute atomic E-state index is 11.0. The van der Waals surface area contributed by atoms with Crippen molar-refractivity contribution in [3.05, 3.63) is 34.5 Å². The number of hydrogen-bond acceptors (Lipinski definition) is 6. The fourth-order valence-electron chi connectivity index (χ4n) is 1.26. The van der Waals surface area contributed by atoms with E-state index in [0.717, 1.165) is 5.69 Å². The fourth-order valence-corrected chi connectivity index (χ4v) is 2.48. The molecule has 0 spiro atoms. The topological polar surface area (TPSA) is 68.6 Å². The molecular weight excluding hydrogens is 272 g/mol. The lowest BCUT2D eigenvalue weighted by Gasteiger charge is -2.05. The van der Waals surface area contributed by atoms with Gasteiger partial charge < -0.3 is 0 Å². The molecule has 0 aromatic carbocycles. The predicted octanol–water partition coefficient (Wildman–Crippen LogP) is 2.50. The number of aryl methyl sites for hydroxylation is 2. The van der Waals surface area contributed by atoms with Gasteiger partial charge in [0, 0.05) is 11.9 Å². The standard InChI is InChI=1S/C11H9ClN4OS/c1-6-3-4-13-11(14-6)18-10-8(5-17)9(12)15-7(2)16-10/h3-5H,1-2H3. The fraction of sp³-hybridized carbons (Fsp3) is 0.182. The molecule has 0 unspecified atom stereocenters. The second-order valence-corrected chi connectivity index (χ2v) is 4.79. The van der Waals surface area contributed by atoms with Crippen molar-refractivity contribution >= 4 is 29.6 Å². The Hall–Kier alpha value is -1.53. The van der Waals surface area contributed by atoms with Gasteiger partial charge in [-0.2, -0.15) is 0 Å². The van der Waals surface area contributed by atoms with Gasteiger partial charge in [-0.05, 0) is 31.7 Å². The molecule has 0 radical (unpaired) electrons. The number of aldehydes is 1. The molecule has 0 aliphatic carbocycles. The smallest absolute Gasteiger partial charge is 0.194 e. The molecule has 0 saturated carbocycles. The highest BCUT2D eigenvalue weighted by molar-refractivity contribution is 7.99. The van der Waals surface area contributed by atoms with Gasteiger partial charge >= 0.3 is 0 Å². The molecule has 0 atom stereocenters. The average molecular weight is 281 g/mol. The third kappa shape index (κ3) is 2.83. The maximum Gasteiger partial charge on any atom is 0.194 e. The van der Waals surface area contributed by atoms with Crippen LogP contribution in [0.2, 0.25) is 5.15 Å². The van der Waals surface area contributed by atoms with Crippen molar-refractivity contribution in [2.24, 2.45) is 0 Å². The highest BCUT2D eigenvalue weighted by Gasteiger charge is 2.13. The Kier molecular flexibility index (Phi) is 3.88. The molecule has 5 nitrogen and oxygen atoms in total. The molecule has 2 aromatic rings. The van der Waals surface area contributed by atoms with Crippen molar-refractivity contribution in [3.8, 4) is 0 Å². The average Bonchev–Trinajstić information content (AvgIpc) is 2.28. The van der Waals surface area contributed by atoms with E-state index in [1.54, 1.807) is 19.2 Å². The highest BCUT2D eigenvalue weighted by Crippen LogP contribution is 2.28. The van der Waals surface area contributed by atoms with E-state index < -0.39 is 0 Å². The first-order chi connectivity index (χ1) is 8.60. The Balaban J connectivity index is 2.42. The summed E-state index contributed by atoms with van der Waals surface area (Å²) in [7, 11) is 0. The zero-order chi connectivity index (χ0) is 13.1. The highest BCUT2D eigenvalue weighted by atomic mass is 35.5. The van der Waals surface area contributed by atoms with Gasteiger partial charge in [0.15, 0.2) is 11.4 Å². The molecule has 2 aromatic heterocycles. The molecule has 2 heterocycles. The van der Waals surface area contributed by atoms with Gasteiger partial charge in [-0.25, -0.2) is 19.9 Å². The number of carbonyl (C=O) groups excluding carboxylic acids is 1. The summed E-state index contributed by atoms with van der Waals surface area (Å²) in [5.74, 6) is 0.501. The van der Waals surface area contributed by atoms with Crippen molar-refractivity contribution < 1.29 is 4.79 Å². The van der Waals surface area contributed by atoms with Gasteiger partial charge in [-0.1, -0.05) is 11.6 Å². The summed E-state index contributed by atoms with van der Waals surface area (Å²) in [5.41, 5.74) is 1.11. The first-order valence-electron chi connectivity index (χ1n) is 5.07. The Morgan fingerprint density at radius 2 is 2.06 bits per heavy atom. The number of nitrogens with zero attached hydrogens (tertiary/aromatic N) is 4. The number of rotatable bonds is 3. The molecule has 92 valence electrons. The first kappa shape index (κ1) is 12.9. The lowest BCUT2D eigenvalue weighted by Crippen LogP contribution is -1.99. The Morgan fingerprint density at radius 1 is 1.28 bits per heavy atom. The molecule has 18 heavy (non-hydrogen) atoms. The van der Waals surface area contributed by atoms with Crippen LogP contribution in [0, 0.1) is 13.8 Å². The number of aromatic nitrogens is 4. The molecule has 0 aliphatic rings. The number of carbonyl (C=O) groups is 1. The van der Waals surface area contributed by atoms with Crippen LogP contribution >= 0.6 is 23.4 Å². The van der Waals surface area contributed by atoms with Crippen molar-refractivity contribution in [1.82, 2.24) is 19.9 Å². The molecule has 0 saturated heterocycles. The summed E-state index contributed by atoms with van der Waals surface area (Å²) >= 11 is 7.09. The molecule has 7 heteroatoms. The lowest BCUT2D eigenvalue weighted by atomic mass is 10.4. The summed E-state index contributed by atoms with van der Waals surface area (Å²) in [6.07, 6.45) is 2.29. The van der Waals surface area contributed by atoms with E-state index in [1.807, 2.05) is 6.92 Å². The third-order valence-electron chi connectivity index (χ3n) is 2.05. The van der Waals surface area contributed by atoms with Crippen molar-refractivity contribution in [2.75, 3.05) is 0 Å². The van der Waals surface area contributed by atoms with Crippen LogP contribution in [0.1, 0.15) is 21.9 Å². The maximum atomic E-state index is 11.0. The summed E-state index contributed by atoms with van der Waals surface area (Å²) in [4.78, 5) is 27.5. The monoisotopic (exact) mass is 280 g/mol. The molecule has 0 aliphatic heterocycles. The van der Waals surface area contributed by atoms with E-state index in [1.165, 1.54) is 11.8 Å². The predicted molar refractivity (Wildman–Crippen MR) is 68.1 cm³/mol. The summed E-state index contributed by atoms with van der Waals surface area (Å²) in [6.45, 7) is 3.58. The van der Waals surface area contributed by atoms with Crippen LogP contribution in [0.25, 0.3) is 0 Å². The molecule has 0 N–H and O–H groups in total. The minimum absolute atomic E-state index is 0.146. The van der Waals surface area contributed by atoms with Crippen LogP contribution < -0.4 is 0 Å². The van der Waals surface area contributed by atoms with Crippen LogP contribution in [0.15, 0.2) is 22.4 Å². The molecule has 0 fully saturated rings. The summed E-state index contributed by atoms with van der Waals surface area (Å²) in [5, 5.41) is 1.13. The molecule has 0 amide bonds. The Bertz CT molecular complexity index is 606. The van der Waals surface area contributed by atoms with Crippen LogP contribution in [0.4, 0.5) is 0 Å². The van der Waals surface area contributed by atoms with E-state index in [9.17, 15) is 4.79 Å².